The first-order valence-corrected chi connectivity index (χ1v) is 9.11. The van der Waals surface area contributed by atoms with E-state index in [1.54, 1.807) is 6.92 Å². The number of thiophene rings is 1. The van der Waals surface area contributed by atoms with Gasteiger partial charge in [-0.05, 0) is 52.7 Å². The molecule has 1 aliphatic rings. The molecule has 3 aromatic rings. The van der Waals surface area contributed by atoms with Gasteiger partial charge >= 0.3 is 0 Å². The van der Waals surface area contributed by atoms with E-state index in [-0.39, 0.29) is 12.7 Å². The molecule has 0 saturated carbocycles. The topological polar surface area (TPSA) is 73.6 Å². The summed E-state index contributed by atoms with van der Waals surface area (Å²) in [7, 11) is 0. The number of nitrogens with zero attached hydrogens (tertiary/aromatic N) is 1. The standard InChI is InChI=1S/C17H13BrN2O4S/c1-9-15(16(20-24-9)13-4-5-14(18)25-13)17(21)19-7-10-2-3-11-12(6-10)23-8-22-11/h2-6H,7-8H2,1H3,(H,19,21). The fraction of sp³-hybridized carbons (Fsp3) is 0.176. The van der Waals surface area contributed by atoms with Crippen LogP contribution >= 0.6 is 27.3 Å². The molecule has 1 amide bonds. The number of carbonyl (C=O) groups excluding carboxylic acids is 1. The molecule has 0 aliphatic carbocycles. The van der Waals surface area contributed by atoms with Gasteiger partial charge < -0.3 is 19.3 Å². The predicted octanol–water partition coefficient (Wildman–Crippen LogP) is 4.13. The van der Waals surface area contributed by atoms with Crippen LogP contribution in [0.1, 0.15) is 21.7 Å². The molecular formula is C17H13BrN2O4S. The molecule has 0 radical (unpaired) electrons. The van der Waals surface area contributed by atoms with Crippen LogP contribution < -0.4 is 14.8 Å². The summed E-state index contributed by atoms with van der Waals surface area (Å²) in [5.41, 5.74) is 1.93. The number of benzene rings is 1. The molecule has 1 aliphatic heterocycles. The van der Waals surface area contributed by atoms with Gasteiger partial charge in [-0.3, -0.25) is 4.79 Å². The largest absolute Gasteiger partial charge is 0.454 e. The summed E-state index contributed by atoms with van der Waals surface area (Å²) in [6.45, 7) is 2.33. The molecule has 0 fully saturated rings. The number of aromatic nitrogens is 1. The lowest BCUT2D eigenvalue weighted by molar-refractivity contribution is 0.0950. The number of hydrogen-bond donors (Lipinski definition) is 1. The molecular weight excluding hydrogens is 408 g/mol. The van der Waals surface area contributed by atoms with E-state index < -0.39 is 0 Å². The quantitative estimate of drug-likeness (QED) is 0.686. The highest BCUT2D eigenvalue weighted by Crippen LogP contribution is 2.34. The molecule has 3 heterocycles. The molecule has 0 bridgehead atoms. The summed E-state index contributed by atoms with van der Waals surface area (Å²) in [4.78, 5) is 13.5. The predicted molar refractivity (Wildman–Crippen MR) is 96.0 cm³/mol. The molecule has 0 spiro atoms. The van der Waals surface area contributed by atoms with Gasteiger partial charge in [0.2, 0.25) is 6.79 Å². The van der Waals surface area contributed by atoms with Crippen molar-refractivity contribution >= 4 is 33.2 Å². The van der Waals surface area contributed by atoms with Gasteiger partial charge in [-0.25, -0.2) is 0 Å². The van der Waals surface area contributed by atoms with Gasteiger partial charge in [0.15, 0.2) is 11.5 Å². The van der Waals surface area contributed by atoms with Gasteiger partial charge in [0.05, 0.1) is 8.66 Å². The Labute approximate surface area is 155 Å². The number of carbonyl (C=O) groups is 1. The first-order valence-electron chi connectivity index (χ1n) is 7.50. The van der Waals surface area contributed by atoms with E-state index in [9.17, 15) is 4.79 Å². The van der Waals surface area contributed by atoms with E-state index in [1.807, 2.05) is 30.3 Å². The Morgan fingerprint density at radius 2 is 2.12 bits per heavy atom. The maximum atomic E-state index is 12.7. The lowest BCUT2D eigenvalue weighted by atomic mass is 10.1. The number of ether oxygens (including phenoxy) is 2. The average molecular weight is 421 g/mol. The third-order valence-electron chi connectivity index (χ3n) is 3.79. The minimum Gasteiger partial charge on any atom is -0.454 e. The first kappa shape index (κ1) is 16.2. The number of halogens is 1. The molecule has 4 rings (SSSR count). The van der Waals surface area contributed by atoms with Crippen LogP contribution in [-0.4, -0.2) is 17.9 Å². The van der Waals surface area contributed by atoms with E-state index in [0.29, 0.717) is 29.3 Å². The summed E-state index contributed by atoms with van der Waals surface area (Å²) < 4.78 is 16.8. The van der Waals surface area contributed by atoms with Crippen molar-refractivity contribution in [2.45, 2.75) is 13.5 Å². The van der Waals surface area contributed by atoms with Crippen LogP contribution in [0.15, 0.2) is 38.6 Å². The molecule has 128 valence electrons. The van der Waals surface area contributed by atoms with E-state index >= 15 is 0 Å². The molecule has 1 N–H and O–H groups in total. The van der Waals surface area contributed by atoms with Crippen molar-refractivity contribution in [3.05, 3.63) is 51.0 Å². The van der Waals surface area contributed by atoms with Gasteiger partial charge in [-0.1, -0.05) is 11.2 Å². The fourth-order valence-electron chi connectivity index (χ4n) is 2.57. The Kier molecular flexibility index (Phi) is 4.22. The van der Waals surface area contributed by atoms with Crippen LogP contribution in [0.5, 0.6) is 11.5 Å². The van der Waals surface area contributed by atoms with Crippen LogP contribution in [-0.2, 0) is 6.54 Å². The Hall–Kier alpha value is -2.32. The van der Waals surface area contributed by atoms with Crippen LogP contribution in [0.25, 0.3) is 10.6 Å². The molecule has 1 aromatic carbocycles. The van der Waals surface area contributed by atoms with Crippen molar-refractivity contribution < 1.29 is 18.8 Å². The van der Waals surface area contributed by atoms with E-state index in [0.717, 1.165) is 20.0 Å². The molecule has 2 aromatic heterocycles. The van der Waals surface area contributed by atoms with E-state index in [4.69, 9.17) is 14.0 Å². The van der Waals surface area contributed by atoms with E-state index in [2.05, 4.69) is 26.4 Å². The average Bonchev–Trinajstić information content (AvgIpc) is 3.31. The number of aryl methyl sites for hydroxylation is 1. The third kappa shape index (κ3) is 3.14. The number of fused-ring (bicyclic) bond motifs is 1. The second kappa shape index (κ2) is 6.53. The summed E-state index contributed by atoms with van der Waals surface area (Å²) >= 11 is 4.92. The monoisotopic (exact) mass is 420 g/mol. The minimum absolute atomic E-state index is 0.226. The SMILES string of the molecule is Cc1onc(-c2ccc(Br)s2)c1C(=O)NCc1ccc2c(c1)OCO2. The zero-order chi connectivity index (χ0) is 17.4. The highest BCUT2D eigenvalue weighted by atomic mass is 79.9. The van der Waals surface area contributed by atoms with Crippen molar-refractivity contribution in [1.29, 1.82) is 0 Å². The molecule has 25 heavy (non-hydrogen) atoms. The zero-order valence-corrected chi connectivity index (χ0v) is 15.6. The maximum Gasteiger partial charge on any atom is 0.257 e. The highest BCUT2D eigenvalue weighted by Gasteiger charge is 2.22. The van der Waals surface area contributed by atoms with Gasteiger partial charge in [-0.15, -0.1) is 11.3 Å². The van der Waals surface area contributed by atoms with Crippen LogP contribution in [0, 0.1) is 6.92 Å². The lowest BCUT2D eigenvalue weighted by Gasteiger charge is -2.06. The second-order valence-electron chi connectivity index (χ2n) is 5.44. The Morgan fingerprint density at radius 1 is 1.28 bits per heavy atom. The minimum atomic E-state index is -0.226. The molecule has 6 nitrogen and oxygen atoms in total. The summed E-state index contributed by atoms with van der Waals surface area (Å²) in [6.07, 6.45) is 0. The lowest BCUT2D eigenvalue weighted by Crippen LogP contribution is -2.23. The number of amides is 1. The zero-order valence-electron chi connectivity index (χ0n) is 13.2. The van der Waals surface area contributed by atoms with Gasteiger partial charge in [0, 0.05) is 6.54 Å². The van der Waals surface area contributed by atoms with Crippen LogP contribution in [0.3, 0.4) is 0 Å². The summed E-state index contributed by atoms with van der Waals surface area (Å²) in [5.74, 6) is 1.67. The molecule has 8 heteroatoms. The smallest absolute Gasteiger partial charge is 0.257 e. The van der Waals surface area contributed by atoms with Crippen molar-refractivity contribution in [1.82, 2.24) is 10.5 Å². The number of rotatable bonds is 4. The van der Waals surface area contributed by atoms with Crippen LogP contribution in [0.2, 0.25) is 0 Å². The molecule has 0 atom stereocenters. The Balaban J connectivity index is 1.53. The van der Waals surface area contributed by atoms with E-state index in [1.165, 1.54) is 11.3 Å². The van der Waals surface area contributed by atoms with Crippen molar-refractivity contribution in [3.8, 4) is 22.1 Å². The highest BCUT2D eigenvalue weighted by molar-refractivity contribution is 9.11. The number of hydrogen-bond acceptors (Lipinski definition) is 6. The van der Waals surface area contributed by atoms with Crippen LogP contribution in [0.4, 0.5) is 0 Å². The maximum absolute atomic E-state index is 12.7. The van der Waals surface area contributed by atoms with Gasteiger partial charge in [0.25, 0.3) is 5.91 Å². The summed E-state index contributed by atoms with van der Waals surface area (Å²) in [6, 6.07) is 9.41. The Bertz CT molecular complexity index is 950. The molecule has 0 unspecified atom stereocenters. The number of nitrogens with one attached hydrogen (secondary N) is 1. The Morgan fingerprint density at radius 3 is 2.92 bits per heavy atom. The van der Waals surface area contributed by atoms with Gasteiger partial charge in [0.1, 0.15) is 17.0 Å². The first-order chi connectivity index (χ1) is 12.1. The van der Waals surface area contributed by atoms with Crippen molar-refractivity contribution in [2.75, 3.05) is 6.79 Å². The third-order valence-corrected chi connectivity index (χ3v) is 5.42. The van der Waals surface area contributed by atoms with Gasteiger partial charge in [-0.2, -0.15) is 0 Å². The van der Waals surface area contributed by atoms with Crippen molar-refractivity contribution in [3.63, 3.8) is 0 Å². The normalized spacial score (nSPS) is 12.4. The van der Waals surface area contributed by atoms with Crippen molar-refractivity contribution in [2.24, 2.45) is 0 Å². The second-order valence-corrected chi connectivity index (χ2v) is 7.90. The molecule has 0 saturated heterocycles. The summed E-state index contributed by atoms with van der Waals surface area (Å²) in [5, 5.41) is 6.95. The fourth-order valence-corrected chi connectivity index (χ4v) is 3.94.